The van der Waals surface area contributed by atoms with Crippen LogP contribution in [-0.2, 0) is 10.2 Å². The number of aromatic amines is 1. The summed E-state index contributed by atoms with van der Waals surface area (Å²) in [4.78, 5) is 25.1. The van der Waals surface area contributed by atoms with Gasteiger partial charge in [-0.1, -0.05) is 74.5 Å². The summed E-state index contributed by atoms with van der Waals surface area (Å²) in [6.45, 7) is 4.92. The minimum Gasteiger partial charge on any atom is -0.484 e. The molecule has 0 saturated heterocycles. The number of halogens is 3. The van der Waals surface area contributed by atoms with Crippen LogP contribution in [-0.4, -0.2) is 34.2 Å². The molecule has 2 N–H and O–H groups in total. The maximum atomic E-state index is 13.9. The average molecular weight is 537 g/mol. The van der Waals surface area contributed by atoms with Gasteiger partial charge in [-0.3, -0.25) is 14.7 Å². The summed E-state index contributed by atoms with van der Waals surface area (Å²) in [5.74, 6) is -0.549. The fourth-order valence-corrected chi connectivity index (χ4v) is 4.13. The molecule has 0 saturated carbocycles. The van der Waals surface area contributed by atoms with Crippen molar-refractivity contribution in [2.45, 2.75) is 32.4 Å². The number of benzene rings is 3. The number of nitrogens with one attached hydrogen (secondary N) is 2. The molecule has 0 aliphatic carbocycles. The molecular formula is C29H27F3N4O3. The van der Waals surface area contributed by atoms with Crippen LogP contribution >= 0.6 is 0 Å². The van der Waals surface area contributed by atoms with Gasteiger partial charge in [0.05, 0.1) is 11.3 Å². The first-order valence-corrected chi connectivity index (χ1v) is 12.1. The first kappa shape index (κ1) is 27.4. The van der Waals surface area contributed by atoms with Crippen molar-refractivity contribution in [2.75, 3.05) is 6.61 Å². The van der Waals surface area contributed by atoms with Gasteiger partial charge in [0, 0.05) is 11.1 Å². The number of carbonyl (C=O) groups is 1. The zero-order valence-electron chi connectivity index (χ0n) is 21.5. The molecule has 1 aromatic heterocycles. The molecule has 0 fully saturated rings. The van der Waals surface area contributed by atoms with E-state index < -0.39 is 35.5 Å². The van der Waals surface area contributed by atoms with Crippen LogP contribution in [0.3, 0.4) is 0 Å². The average Bonchev–Trinajstić information content (AvgIpc) is 3.21. The van der Waals surface area contributed by atoms with E-state index in [4.69, 9.17) is 4.74 Å². The second-order valence-corrected chi connectivity index (χ2v) is 9.39. The lowest BCUT2D eigenvalue weighted by atomic mass is 9.78. The fourth-order valence-electron chi connectivity index (χ4n) is 4.13. The predicted molar refractivity (Wildman–Crippen MR) is 142 cm³/mol. The molecule has 1 heterocycles. The normalized spacial score (nSPS) is 12.3. The van der Waals surface area contributed by atoms with Gasteiger partial charge < -0.3 is 4.74 Å². The molecule has 39 heavy (non-hydrogen) atoms. The Hall–Kier alpha value is -4.60. The van der Waals surface area contributed by atoms with Gasteiger partial charge in [0.25, 0.3) is 11.5 Å². The first-order chi connectivity index (χ1) is 18.5. The van der Waals surface area contributed by atoms with Crippen molar-refractivity contribution < 1.29 is 22.7 Å². The third-order valence-electron chi connectivity index (χ3n) is 6.32. The third-order valence-corrected chi connectivity index (χ3v) is 6.32. The van der Waals surface area contributed by atoms with Crippen LogP contribution < -0.4 is 15.7 Å². The Morgan fingerprint density at radius 3 is 2.08 bits per heavy atom. The summed E-state index contributed by atoms with van der Waals surface area (Å²) in [5.41, 5.74) is 0.893. The lowest BCUT2D eigenvalue weighted by molar-refractivity contribution is -0.123. The number of carbonyl (C=O) groups excluding carboxylic acids is 1. The highest BCUT2D eigenvalue weighted by atomic mass is 19.4. The number of rotatable bonds is 8. The molecule has 0 unspecified atom stereocenters. The number of hydrogen-bond donors (Lipinski definition) is 2. The van der Waals surface area contributed by atoms with Crippen molar-refractivity contribution in [3.05, 3.63) is 118 Å². The Labute approximate surface area is 222 Å². The Balaban J connectivity index is 1.46. The second-order valence-electron chi connectivity index (χ2n) is 9.39. The summed E-state index contributed by atoms with van der Waals surface area (Å²) >= 11 is 0. The molecule has 4 rings (SSSR count). The molecule has 4 aromatic rings. The van der Waals surface area contributed by atoms with Gasteiger partial charge in [-0.05, 0) is 42.3 Å². The molecule has 0 aliphatic rings. The highest BCUT2D eigenvalue weighted by Crippen LogP contribution is 2.32. The van der Waals surface area contributed by atoms with Gasteiger partial charge in [0.2, 0.25) is 0 Å². The first-order valence-electron chi connectivity index (χ1n) is 12.1. The van der Waals surface area contributed by atoms with E-state index in [1.807, 2.05) is 47.9 Å². The minimum atomic E-state index is -5.00. The molecule has 202 valence electrons. The van der Waals surface area contributed by atoms with Crippen LogP contribution in [0.1, 0.15) is 36.2 Å². The van der Waals surface area contributed by atoms with E-state index >= 15 is 0 Å². The van der Waals surface area contributed by atoms with Crippen molar-refractivity contribution in [2.24, 2.45) is 5.10 Å². The molecule has 0 atom stereocenters. The lowest BCUT2D eigenvalue weighted by Gasteiger charge is -2.26. The van der Waals surface area contributed by atoms with E-state index in [9.17, 15) is 22.8 Å². The number of H-pyrrole nitrogens is 1. The third kappa shape index (κ3) is 6.11. The second kappa shape index (κ2) is 11.0. The van der Waals surface area contributed by atoms with Crippen LogP contribution in [0.2, 0.25) is 0 Å². The number of aromatic nitrogens is 2. The zero-order valence-corrected chi connectivity index (χ0v) is 21.5. The minimum absolute atomic E-state index is 0.0519. The van der Waals surface area contributed by atoms with E-state index in [1.165, 1.54) is 6.92 Å². The molecule has 7 nitrogen and oxygen atoms in total. The van der Waals surface area contributed by atoms with E-state index in [2.05, 4.69) is 24.0 Å². The van der Waals surface area contributed by atoms with Crippen LogP contribution in [0.15, 0.2) is 94.8 Å². The zero-order chi connectivity index (χ0) is 28.2. The van der Waals surface area contributed by atoms with Crippen LogP contribution in [0.25, 0.3) is 5.69 Å². The highest BCUT2D eigenvalue weighted by Gasteiger charge is 2.41. The number of hydrogen-bond acceptors (Lipinski definition) is 4. The molecular weight excluding hydrogens is 509 g/mol. The van der Waals surface area contributed by atoms with E-state index in [1.54, 1.807) is 42.5 Å². The standard InChI is InChI=1S/C29H27F3N4O3/c1-19-25(27(38)36(35-19)22-12-8-5-9-13-22)26(29(30,31)32)34-33-24(37)18-39-23-16-14-21(15-17-23)28(2,3)20-10-6-4-7-11-20/h4-17,35H,18H2,1-3H3,(H,33,37)/b34-26-. The maximum Gasteiger partial charge on any atom is 0.435 e. The predicted octanol–water partition coefficient (Wildman–Crippen LogP) is 5.26. The quantitative estimate of drug-likeness (QED) is 0.238. The topological polar surface area (TPSA) is 88.5 Å². The van der Waals surface area contributed by atoms with Crippen LogP contribution in [0.4, 0.5) is 13.2 Å². The summed E-state index contributed by atoms with van der Waals surface area (Å²) in [6, 6.07) is 25.2. The van der Waals surface area contributed by atoms with Gasteiger partial charge in [0.1, 0.15) is 5.75 Å². The van der Waals surface area contributed by atoms with E-state index in [0.29, 0.717) is 11.4 Å². The maximum absolute atomic E-state index is 13.9. The Morgan fingerprint density at radius 2 is 1.49 bits per heavy atom. The number of alkyl halides is 3. The van der Waals surface area contributed by atoms with Gasteiger partial charge in [-0.25, -0.2) is 10.1 Å². The monoisotopic (exact) mass is 536 g/mol. The van der Waals surface area contributed by atoms with Crippen molar-refractivity contribution in [1.29, 1.82) is 0 Å². The van der Waals surface area contributed by atoms with Gasteiger partial charge in [0.15, 0.2) is 12.3 Å². The summed E-state index contributed by atoms with van der Waals surface area (Å²) in [5, 5.41) is 5.89. The molecule has 1 amide bonds. The summed E-state index contributed by atoms with van der Waals surface area (Å²) in [6.07, 6.45) is -5.00. The van der Waals surface area contributed by atoms with Crippen molar-refractivity contribution in [3.8, 4) is 11.4 Å². The largest absolute Gasteiger partial charge is 0.484 e. The smallest absolute Gasteiger partial charge is 0.435 e. The number of amides is 1. The number of aryl methyl sites for hydroxylation is 1. The van der Waals surface area contributed by atoms with Crippen LogP contribution in [0, 0.1) is 6.92 Å². The number of para-hydroxylation sites is 1. The Kier molecular flexibility index (Phi) is 7.75. The van der Waals surface area contributed by atoms with E-state index in [0.717, 1.165) is 15.8 Å². The molecule has 0 radical (unpaired) electrons. The Morgan fingerprint density at radius 1 is 0.923 bits per heavy atom. The SMILES string of the molecule is Cc1[nH]n(-c2ccccc2)c(=O)c1/C(=N/NC(=O)COc1ccc(C(C)(C)c2ccccc2)cc1)C(F)(F)F. The fraction of sp³-hybridized carbons (Fsp3) is 0.207. The van der Waals surface area contributed by atoms with Crippen molar-refractivity contribution >= 4 is 11.6 Å². The summed E-state index contributed by atoms with van der Waals surface area (Å²) < 4.78 is 48.0. The van der Waals surface area contributed by atoms with Gasteiger partial charge >= 0.3 is 6.18 Å². The summed E-state index contributed by atoms with van der Waals surface area (Å²) in [7, 11) is 0. The van der Waals surface area contributed by atoms with Crippen molar-refractivity contribution in [1.82, 2.24) is 15.2 Å². The van der Waals surface area contributed by atoms with Crippen molar-refractivity contribution in [3.63, 3.8) is 0 Å². The van der Waals surface area contributed by atoms with Gasteiger partial charge in [-0.2, -0.15) is 18.3 Å². The highest BCUT2D eigenvalue weighted by molar-refractivity contribution is 6.05. The molecule has 3 aromatic carbocycles. The molecule has 0 bridgehead atoms. The van der Waals surface area contributed by atoms with Crippen LogP contribution in [0.5, 0.6) is 5.75 Å². The van der Waals surface area contributed by atoms with E-state index in [-0.39, 0.29) is 11.1 Å². The lowest BCUT2D eigenvalue weighted by Crippen LogP contribution is -2.34. The van der Waals surface area contributed by atoms with Gasteiger partial charge in [-0.15, -0.1) is 0 Å². The molecule has 0 spiro atoms. The number of nitrogens with zero attached hydrogens (tertiary/aromatic N) is 2. The number of hydrazone groups is 1. The number of ether oxygens (including phenoxy) is 1. The Bertz CT molecular complexity index is 1520. The molecule has 0 aliphatic heterocycles. The molecule has 10 heteroatoms.